The van der Waals surface area contributed by atoms with Gasteiger partial charge in [-0.25, -0.2) is 0 Å². The summed E-state index contributed by atoms with van der Waals surface area (Å²) in [6, 6.07) is 8.10. The van der Waals surface area contributed by atoms with Gasteiger partial charge in [0, 0.05) is 31.5 Å². The molecule has 1 saturated heterocycles. The van der Waals surface area contributed by atoms with Crippen LogP contribution in [0.1, 0.15) is 11.1 Å². The number of rotatable bonds is 4. The Labute approximate surface area is 149 Å². The summed E-state index contributed by atoms with van der Waals surface area (Å²) in [6.07, 6.45) is 4.13. The van der Waals surface area contributed by atoms with E-state index in [2.05, 4.69) is 29.2 Å². The van der Waals surface area contributed by atoms with Gasteiger partial charge in [0.2, 0.25) is 0 Å². The van der Waals surface area contributed by atoms with Crippen LogP contribution in [0.3, 0.4) is 0 Å². The van der Waals surface area contributed by atoms with Crippen molar-refractivity contribution in [3.63, 3.8) is 0 Å². The fourth-order valence-corrected chi connectivity index (χ4v) is 2.76. The highest BCUT2D eigenvalue weighted by molar-refractivity contribution is 5.85. The second kappa shape index (κ2) is 9.13. The molecule has 128 valence electrons. The molecule has 0 saturated carbocycles. The van der Waals surface area contributed by atoms with Gasteiger partial charge in [-0.3, -0.25) is 9.58 Å². The van der Waals surface area contributed by atoms with Crippen LogP contribution in [0.5, 0.6) is 0 Å². The average molecular weight is 359 g/mol. The van der Waals surface area contributed by atoms with Crippen LogP contribution >= 0.6 is 24.8 Å². The van der Waals surface area contributed by atoms with Crippen molar-refractivity contribution in [2.75, 3.05) is 25.4 Å². The molecule has 1 aliphatic rings. The van der Waals surface area contributed by atoms with Gasteiger partial charge in [-0.15, -0.1) is 24.8 Å². The van der Waals surface area contributed by atoms with Crippen LogP contribution in [-0.2, 0) is 17.8 Å². The normalized spacial score (nSPS) is 18.0. The van der Waals surface area contributed by atoms with Gasteiger partial charge >= 0.3 is 0 Å². The summed E-state index contributed by atoms with van der Waals surface area (Å²) in [5.41, 5.74) is 9.10. The molecule has 1 aromatic carbocycles. The molecule has 1 aromatic heterocycles. The number of hydrogen-bond acceptors (Lipinski definition) is 4. The van der Waals surface area contributed by atoms with Crippen LogP contribution in [0.25, 0.3) is 0 Å². The summed E-state index contributed by atoms with van der Waals surface area (Å²) in [5, 5.41) is 4.33. The van der Waals surface area contributed by atoms with E-state index in [1.807, 2.05) is 29.1 Å². The van der Waals surface area contributed by atoms with Crippen LogP contribution < -0.4 is 5.73 Å². The van der Waals surface area contributed by atoms with Gasteiger partial charge in [-0.2, -0.15) is 5.10 Å². The summed E-state index contributed by atoms with van der Waals surface area (Å²) in [5.74, 6) is 0. The maximum Gasteiger partial charge on any atom is 0.0898 e. The zero-order valence-corrected chi connectivity index (χ0v) is 14.9. The predicted octanol–water partition coefficient (Wildman–Crippen LogP) is 2.52. The van der Waals surface area contributed by atoms with Crippen molar-refractivity contribution in [1.29, 1.82) is 0 Å². The standard InChI is InChI=1S/C16H22N4O.2ClH/c1-13-8-18-20(9-13)12-16-11-19(5-6-21-16)10-14-3-2-4-15(17)7-14;;/h2-4,7-9,16H,5-6,10-12,17H2,1H3;2*1H. The first-order valence-corrected chi connectivity index (χ1v) is 7.36. The van der Waals surface area contributed by atoms with E-state index in [9.17, 15) is 0 Å². The third kappa shape index (κ3) is 5.70. The second-order valence-electron chi connectivity index (χ2n) is 5.71. The predicted molar refractivity (Wildman–Crippen MR) is 97.3 cm³/mol. The molecule has 0 bridgehead atoms. The molecule has 0 amide bonds. The van der Waals surface area contributed by atoms with Crippen molar-refractivity contribution in [3.8, 4) is 0 Å². The molecule has 2 aromatic rings. The minimum atomic E-state index is 0. The molecular weight excluding hydrogens is 335 g/mol. The Morgan fingerprint density at radius 2 is 2.17 bits per heavy atom. The number of halogens is 2. The third-order valence-electron chi connectivity index (χ3n) is 3.73. The smallest absolute Gasteiger partial charge is 0.0898 e. The summed E-state index contributed by atoms with van der Waals surface area (Å²) in [4.78, 5) is 2.42. The van der Waals surface area contributed by atoms with Gasteiger partial charge in [-0.05, 0) is 30.2 Å². The van der Waals surface area contributed by atoms with Gasteiger partial charge in [0.1, 0.15) is 0 Å². The summed E-state index contributed by atoms with van der Waals surface area (Å²) < 4.78 is 7.82. The van der Waals surface area contributed by atoms with E-state index >= 15 is 0 Å². The quantitative estimate of drug-likeness (QED) is 0.853. The van der Waals surface area contributed by atoms with Gasteiger partial charge in [0.05, 0.1) is 25.5 Å². The molecule has 23 heavy (non-hydrogen) atoms. The minimum Gasteiger partial charge on any atom is -0.399 e. The molecule has 0 aliphatic carbocycles. The summed E-state index contributed by atoms with van der Waals surface area (Å²) in [6.45, 7) is 6.44. The molecule has 1 fully saturated rings. The van der Waals surface area contributed by atoms with Crippen LogP contribution in [0.4, 0.5) is 5.69 Å². The van der Waals surface area contributed by atoms with Crippen molar-refractivity contribution in [2.45, 2.75) is 26.1 Å². The number of anilines is 1. The molecule has 2 N–H and O–H groups in total. The van der Waals surface area contributed by atoms with E-state index in [1.165, 1.54) is 11.1 Å². The summed E-state index contributed by atoms with van der Waals surface area (Å²) in [7, 11) is 0. The number of nitrogens with two attached hydrogens (primary N) is 1. The van der Waals surface area contributed by atoms with Gasteiger partial charge in [0.25, 0.3) is 0 Å². The number of morpholine rings is 1. The number of ether oxygens (including phenoxy) is 1. The van der Waals surface area contributed by atoms with Crippen LogP contribution in [0.15, 0.2) is 36.7 Å². The van der Waals surface area contributed by atoms with Gasteiger partial charge in [-0.1, -0.05) is 12.1 Å². The Balaban J connectivity index is 0.00000132. The van der Waals surface area contributed by atoms with Crippen LogP contribution in [-0.4, -0.2) is 40.5 Å². The second-order valence-corrected chi connectivity index (χ2v) is 5.71. The number of nitrogen functional groups attached to an aromatic ring is 1. The zero-order chi connectivity index (χ0) is 14.7. The number of benzene rings is 1. The average Bonchev–Trinajstić information content (AvgIpc) is 2.84. The van der Waals surface area contributed by atoms with E-state index in [-0.39, 0.29) is 30.9 Å². The van der Waals surface area contributed by atoms with Gasteiger partial charge in [0.15, 0.2) is 0 Å². The first-order chi connectivity index (χ1) is 10.2. The van der Waals surface area contributed by atoms with Crippen molar-refractivity contribution < 1.29 is 4.74 Å². The lowest BCUT2D eigenvalue weighted by molar-refractivity contribution is -0.0402. The van der Waals surface area contributed by atoms with Crippen molar-refractivity contribution >= 4 is 30.5 Å². The third-order valence-corrected chi connectivity index (χ3v) is 3.73. The maximum absolute atomic E-state index is 5.86. The Morgan fingerprint density at radius 1 is 1.35 bits per heavy atom. The van der Waals surface area contributed by atoms with Crippen molar-refractivity contribution in [1.82, 2.24) is 14.7 Å². The van der Waals surface area contributed by atoms with Crippen LogP contribution in [0.2, 0.25) is 0 Å². The highest BCUT2D eigenvalue weighted by Crippen LogP contribution is 2.14. The summed E-state index contributed by atoms with van der Waals surface area (Å²) >= 11 is 0. The van der Waals surface area contributed by atoms with E-state index in [1.54, 1.807) is 0 Å². The molecule has 2 heterocycles. The zero-order valence-electron chi connectivity index (χ0n) is 13.2. The first kappa shape index (κ1) is 19.8. The lowest BCUT2D eigenvalue weighted by Crippen LogP contribution is -2.43. The highest BCUT2D eigenvalue weighted by Gasteiger charge is 2.21. The molecule has 5 nitrogen and oxygen atoms in total. The number of hydrogen-bond donors (Lipinski definition) is 1. The van der Waals surface area contributed by atoms with Crippen LogP contribution in [0, 0.1) is 6.92 Å². The minimum absolute atomic E-state index is 0. The molecule has 3 rings (SSSR count). The number of aryl methyl sites for hydroxylation is 1. The SMILES string of the molecule is Cc1cnn(CC2CN(Cc3cccc(N)c3)CCO2)c1.Cl.Cl. The highest BCUT2D eigenvalue weighted by atomic mass is 35.5. The first-order valence-electron chi connectivity index (χ1n) is 7.36. The fourth-order valence-electron chi connectivity index (χ4n) is 2.76. The molecular formula is C16H24Cl2N4O. The van der Waals surface area contributed by atoms with Crippen molar-refractivity contribution in [2.24, 2.45) is 0 Å². The lowest BCUT2D eigenvalue weighted by atomic mass is 10.1. The molecule has 1 unspecified atom stereocenters. The number of nitrogens with zero attached hydrogens (tertiary/aromatic N) is 3. The Kier molecular flexibility index (Phi) is 7.85. The molecule has 1 aliphatic heterocycles. The van der Waals surface area contributed by atoms with Gasteiger partial charge < -0.3 is 10.5 Å². The Bertz CT molecular complexity index is 605. The van der Waals surface area contributed by atoms with Crippen molar-refractivity contribution in [3.05, 3.63) is 47.8 Å². The van der Waals surface area contributed by atoms with E-state index in [0.717, 1.165) is 38.5 Å². The fraction of sp³-hybridized carbons (Fsp3) is 0.438. The van der Waals surface area contributed by atoms with E-state index in [4.69, 9.17) is 10.5 Å². The lowest BCUT2D eigenvalue weighted by Gasteiger charge is -2.33. The Morgan fingerprint density at radius 3 is 2.87 bits per heavy atom. The maximum atomic E-state index is 5.86. The molecule has 1 atom stereocenters. The topological polar surface area (TPSA) is 56.3 Å². The largest absolute Gasteiger partial charge is 0.399 e. The monoisotopic (exact) mass is 358 g/mol. The molecule has 0 radical (unpaired) electrons. The number of aromatic nitrogens is 2. The van der Waals surface area contributed by atoms with E-state index in [0.29, 0.717) is 0 Å². The Hall–Kier alpha value is -1.27. The van der Waals surface area contributed by atoms with E-state index < -0.39 is 0 Å². The molecule has 0 spiro atoms. The molecule has 7 heteroatoms.